The van der Waals surface area contributed by atoms with Gasteiger partial charge in [0.1, 0.15) is 12.4 Å². The molecular weight excluding hydrogens is 388 g/mol. The Morgan fingerprint density at radius 1 is 0.625 bits per heavy atom. The molecule has 0 aliphatic heterocycles. The van der Waals surface area contributed by atoms with Crippen LogP contribution in [0.5, 0.6) is 0 Å². The fraction of sp³-hybridized carbons (Fsp3) is 0.900. The molecule has 0 aliphatic rings. The first-order valence-corrected chi connectivity index (χ1v) is 14.7. The van der Waals surface area contributed by atoms with E-state index in [0.29, 0.717) is 17.9 Å². The lowest BCUT2D eigenvalue weighted by molar-refractivity contribution is -0.727. The Labute approximate surface area is 202 Å². The fourth-order valence-electron chi connectivity index (χ4n) is 5.21. The van der Waals surface area contributed by atoms with Gasteiger partial charge >= 0.3 is 0 Å². The number of aromatic amines is 1. The molecule has 0 saturated carbocycles. The summed E-state index contributed by atoms with van der Waals surface area (Å²) < 4.78 is 2.55. The summed E-state index contributed by atoms with van der Waals surface area (Å²) in [5.74, 6) is 2.83. The van der Waals surface area contributed by atoms with E-state index in [-0.39, 0.29) is 0 Å². The van der Waals surface area contributed by atoms with Crippen molar-refractivity contribution < 1.29 is 4.57 Å². The van der Waals surface area contributed by atoms with Crippen LogP contribution in [0.4, 0.5) is 0 Å². The third kappa shape index (κ3) is 13.0. The van der Waals surface area contributed by atoms with Crippen LogP contribution >= 0.6 is 0 Å². The van der Waals surface area contributed by atoms with Crippen LogP contribution in [0, 0.1) is 5.92 Å². The first kappa shape index (κ1) is 29.2. The molecule has 0 radical (unpaired) electrons. The van der Waals surface area contributed by atoms with Crippen molar-refractivity contribution in [2.24, 2.45) is 5.92 Å². The van der Waals surface area contributed by atoms with Gasteiger partial charge in [-0.1, -0.05) is 130 Å². The minimum absolute atomic E-state index is 0.612. The lowest BCUT2D eigenvalue weighted by Gasteiger charge is -2.19. The van der Waals surface area contributed by atoms with Crippen molar-refractivity contribution in [2.75, 3.05) is 0 Å². The van der Waals surface area contributed by atoms with Gasteiger partial charge in [0.05, 0.1) is 12.0 Å². The van der Waals surface area contributed by atoms with E-state index in [4.69, 9.17) is 0 Å². The van der Waals surface area contributed by atoms with E-state index in [2.05, 4.69) is 56.6 Å². The molecule has 0 aliphatic carbocycles. The second-order valence-corrected chi connectivity index (χ2v) is 10.8. The maximum Gasteiger partial charge on any atom is 0.257 e. The number of rotatable bonds is 22. The molecule has 0 fully saturated rings. The summed E-state index contributed by atoms with van der Waals surface area (Å²) in [6.45, 7) is 11.8. The highest BCUT2D eigenvalue weighted by atomic mass is 15.1. The summed E-state index contributed by atoms with van der Waals surface area (Å²) in [6.07, 6.45) is 31.3. The van der Waals surface area contributed by atoms with Gasteiger partial charge in [0.25, 0.3) is 5.82 Å². The third-order valence-corrected chi connectivity index (χ3v) is 7.47. The Kier molecular flexibility index (Phi) is 18.0. The summed E-state index contributed by atoms with van der Waals surface area (Å²) in [7, 11) is 0. The van der Waals surface area contributed by atoms with Crippen molar-refractivity contribution >= 4 is 0 Å². The molecule has 0 bridgehead atoms. The van der Waals surface area contributed by atoms with Crippen molar-refractivity contribution in [3.63, 3.8) is 0 Å². The van der Waals surface area contributed by atoms with Crippen molar-refractivity contribution in [1.82, 2.24) is 4.98 Å². The number of aromatic nitrogens is 2. The summed E-state index contributed by atoms with van der Waals surface area (Å²) in [5.41, 5.74) is 0. The molecule has 2 atom stereocenters. The smallest absolute Gasteiger partial charge is 0.247 e. The number of hydrogen-bond donors (Lipinski definition) is 1. The van der Waals surface area contributed by atoms with E-state index >= 15 is 0 Å². The van der Waals surface area contributed by atoms with Gasteiger partial charge in [-0.15, -0.1) is 0 Å². The molecule has 0 aromatic carbocycles. The third-order valence-electron chi connectivity index (χ3n) is 7.47. The SMILES string of the molecule is CCCCCCCCCCCCCCCCC(C)[n+]1cc[nH]c1C(CCCCC)C(C)C. The zero-order valence-corrected chi connectivity index (χ0v) is 22.8. The molecule has 2 unspecified atom stereocenters. The van der Waals surface area contributed by atoms with E-state index in [1.807, 2.05) is 0 Å². The van der Waals surface area contributed by atoms with Gasteiger partial charge in [-0.3, -0.25) is 0 Å². The highest BCUT2D eigenvalue weighted by Gasteiger charge is 2.27. The molecule has 32 heavy (non-hydrogen) atoms. The van der Waals surface area contributed by atoms with Crippen LogP contribution in [0.2, 0.25) is 0 Å². The standard InChI is InChI=1S/C30H58N2/c1-6-8-10-11-12-13-14-15-16-17-18-19-20-22-23-28(5)32-26-25-31-30(32)29(27(3)4)24-21-9-7-2/h25-29H,6-24H2,1-5H3/p+1. The Morgan fingerprint density at radius 3 is 1.56 bits per heavy atom. The quantitative estimate of drug-likeness (QED) is 0.135. The zero-order valence-electron chi connectivity index (χ0n) is 22.8. The summed E-state index contributed by atoms with van der Waals surface area (Å²) in [6, 6.07) is 0.612. The van der Waals surface area contributed by atoms with Gasteiger partial charge in [-0.2, -0.15) is 0 Å². The number of unbranched alkanes of at least 4 members (excludes halogenated alkanes) is 15. The molecule has 1 heterocycles. The molecule has 0 amide bonds. The summed E-state index contributed by atoms with van der Waals surface area (Å²) in [4.78, 5) is 3.61. The number of imidazole rings is 1. The van der Waals surface area contributed by atoms with Crippen LogP contribution in [-0.2, 0) is 0 Å². The number of hydrogen-bond acceptors (Lipinski definition) is 0. The fourth-order valence-corrected chi connectivity index (χ4v) is 5.21. The van der Waals surface area contributed by atoms with Gasteiger partial charge in [-0.05, 0) is 32.1 Å². The van der Waals surface area contributed by atoms with E-state index in [0.717, 1.165) is 0 Å². The molecule has 1 N–H and O–H groups in total. The molecule has 188 valence electrons. The molecule has 1 aromatic rings. The lowest BCUT2D eigenvalue weighted by atomic mass is 9.89. The molecule has 0 spiro atoms. The first-order valence-electron chi connectivity index (χ1n) is 14.7. The molecule has 0 saturated heterocycles. The Hall–Kier alpha value is -0.790. The summed E-state index contributed by atoms with van der Waals surface area (Å²) >= 11 is 0. The van der Waals surface area contributed by atoms with Gasteiger partial charge < -0.3 is 0 Å². The average molecular weight is 448 g/mol. The van der Waals surface area contributed by atoms with E-state index in [9.17, 15) is 0 Å². The maximum absolute atomic E-state index is 3.61. The molecular formula is C30H59N2+. The van der Waals surface area contributed by atoms with Crippen LogP contribution in [0.1, 0.15) is 174 Å². The Balaban J connectivity index is 2.14. The molecule has 1 rings (SSSR count). The van der Waals surface area contributed by atoms with E-state index in [1.165, 1.54) is 128 Å². The van der Waals surface area contributed by atoms with Crippen LogP contribution in [0.3, 0.4) is 0 Å². The van der Waals surface area contributed by atoms with Gasteiger partial charge in [0.2, 0.25) is 0 Å². The zero-order chi connectivity index (χ0) is 23.4. The number of nitrogens with one attached hydrogen (secondary N) is 1. The van der Waals surface area contributed by atoms with Crippen molar-refractivity contribution in [3.8, 4) is 0 Å². The predicted octanol–water partition coefficient (Wildman–Crippen LogP) is 10.1. The predicted molar refractivity (Wildman–Crippen MR) is 142 cm³/mol. The highest BCUT2D eigenvalue weighted by molar-refractivity contribution is 4.92. The maximum atomic E-state index is 3.61. The van der Waals surface area contributed by atoms with Gasteiger partial charge in [0.15, 0.2) is 0 Å². The summed E-state index contributed by atoms with van der Waals surface area (Å²) in [5, 5.41) is 0. The number of H-pyrrole nitrogens is 1. The second kappa shape index (κ2) is 19.7. The van der Waals surface area contributed by atoms with Gasteiger partial charge in [0, 0.05) is 0 Å². The first-order chi connectivity index (χ1) is 15.6. The second-order valence-electron chi connectivity index (χ2n) is 10.8. The Bertz CT molecular complexity index is 519. The molecule has 1 aromatic heterocycles. The monoisotopic (exact) mass is 447 g/mol. The van der Waals surface area contributed by atoms with Crippen LogP contribution in [-0.4, -0.2) is 4.98 Å². The minimum atomic E-state index is 0.612. The van der Waals surface area contributed by atoms with E-state index < -0.39 is 0 Å². The van der Waals surface area contributed by atoms with Gasteiger partial charge in [-0.25, -0.2) is 9.55 Å². The van der Waals surface area contributed by atoms with Crippen molar-refractivity contribution in [3.05, 3.63) is 18.2 Å². The van der Waals surface area contributed by atoms with Crippen LogP contribution in [0.15, 0.2) is 12.4 Å². The van der Waals surface area contributed by atoms with Crippen molar-refractivity contribution in [1.29, 1.82) is 0 Å². The largest absolute Gasteiger partial charge is 0.257 e. The van der Waals surface area contributed by atoms with Crippen LogP contribution < -0.4 is 4.57 Å². The highest BCUT2D eigenvalue weighted by Crippen LogP contribution is 2.28. The normalized spacial score (nSPS) is 13.7. The Morgan fingerprint density at radius 2 is 1.06 bits per heavy atom. The molecule has 2 nitrogen and oxygen atoms in total. The van der Waals surface area contributed by atoms with Crippen molar-refractivity contribution in [2.45, 2.75) is 169 Å². The topological polar surface area (TPSA) is 19.7 Å². The lowest BCUT2D eigenvalue weighted by Crippen LogP contribution is -2.41. The minimum Gasteiger partial charge on any atom is -0.247 e. The molecule has 2 heteroatoms. The van der Waals surface area contributed by atoms with E-state index in [1.54, 1.807) is 0 Å². The number of nitrogens with zero attached hydrogens (tertiary/aromatic N) is 1. The average Bonchev–Trinajstić information content (AvgIpc) is 3.26. The van der Waals surface area contributed by atoms with Crippen LogP contribution in [0.25, 0.3) is 0 Å².